The molecule has 5 N–H and O–H groups in total. The molecule has 0 aliphatic heterocycles. The standard InChI is InChI=1S/C9H11ClN4O3/c1-17-6-3-2-5(7(10)8(6)15)4-12-13-9(11)14-16/h2-4,15-16H,1H3,(H3,11,13,14). The molecule has 0 saturated heterocycles. The van der Waals surface area contributed by atoms with Crippen molar-refractivity contribution in [2.24, 2.45) is 15.9 Å². The predicted octanol–water partition coefficient (Wildman–Crippen LogP) is 0.682. The highest BCUT2D eigenvalue weighted by molar-refractivity contribution is 6.34. The Balaban J connectivity index is 2.97. The number of hydroxylamine groups is 1. The van der Waals surface area contributed by atoms with Crippen molar-refractivity contribution >= 4 is 23.8 Å². The molecule has 1 aromatic carbocycles. The van der Waals surface area contributed by atoms with Crippen LogP contribution in [0.1, 0.15) is 5.56 Å². The van der Waals surface area contributed by atoms with E-state index in [-0.39, 0.29) is 22.5 Å². The lowest BCUT2D eigenvalue weighted by atomic mass is 10.2. The third-order valence-electron chi connectivity index (χ3n) is 1.81. The number of nitrogens with two attached hydrogens (primary N) is 1. The van der Waals surface area contributed by atoms with Crippen molar-refractivity contribution in [3.8, 4) is 11.5 Å². The van der Waals surface area contributed by atoms with Crippen LogP contribution in [0, 0.1) is 0 Å². The molecule has 8 heteroatoms. The van der Waals surface area contributed by atoms with Gasteiger partial charge in [0.1, 0.15) is 0 Å². The van der Waals surface area contributed by atoms with Gasteiger partial charge in [-0.2, -0.15) is 5.10 Å². The van der Waals surface area contributed by atoms with Crippen LogP contribution < -0.4 is 16.0 Å². The van der Waals surface area contributed by atoms with E-state index in [1.807, 2.05) is 0 Å². The minimum Gasteiger partial charge on any atom is -0.503 e. The quantitative estimate of drug-likeness (QED) is 0.362. The van der Waals surface area contributed by atoms with Gasteiger partial charge in [-0.1, -0.05) is 11.6 Å². The van der Waals surface area contributed by atoms with Gasteiger partial charge in [0.15, 0.2) is 11.5 Å². The highest BCUT2D eigenvalue weighted by Gasteiger charge is 2.09. The van der Waals surface area contributed by atoms with E-state index in [0.717, 1.165) is 0 Å². The number of guanidine groups is 1. The largest absolute Gasteiger partial charge is 0.503 e. The van der Waals surface area contributed by atoms with E-state index < -0.39 is 0 Å². The second kappa shape index (κ2) is 5.92. The Morgan fingerprint density at radius 1 is 1.59 bits per heavy atom. The summed E-state index contributed by atoms with van der Waals surface area (Å²) in [5.74, 6) is -0.197. The number of aromatic hydroxyl groups is 1. The first-order valence-corrected chi connectivity index (χ1v) is 4.80. The maximum Gasteiger partial charge on any atom is 0.237 e. The first-order chi connectivity index (χ1) is 8.10. The molecule has 0 aliphatic carbocycles. The highest BCUT2D eigenvalue weighted by atomic mass is 35.5. The van der Waals surface area contributed by atoms with E-state index in [1.165, 1.54) is 19.4 Å². The fourth-order valence-corrected chi connectivity index (χ4v) is 1.21. The molecule has 0 atom stereocenters. The molecule has 0 amide bonds. The van der Waals surface area contributed by atoms with Crippen molar-refractivity contribution in [2.45, 2.75) is 0 Å². The van der Waals surface area contributed by atoms with E-state index in [0.29, 0.717) is 5.56 Å². The Morgan fingerprint density at radius 3 is 2.88 bits per heavy atom. The van der Waals surface area contributed by atoms with Gasteiger partial charge in [0.2, 0.25) is 5.96 Å². The molecule has 7 nitrogen and oxygen atoms in total. The summed E-state index contributed by atoms with van der Waals surface area (Å²) in [5, 5.41) is 25.0. The Kier molecular flexibility index (Phi) is 4.56. The van der Waals surface area contributed by atoms with Crippen molar-refractivity contribution in [3.05, 3.63) is 22.7 Å². The smallest absolute Gasteiger partial charge is 0.237 e. The van der Waals surface area contributed by atoms with E-state index >= 15 is 0 Å². The van der Waals surface area contributed by atoms with Crippen LogP contribution in [-0.2, 0) is 0 Å². The summed E-state index contributed by atoms with van der Waals surface area (Å²) in [6.45, 7) is 0. The lowest BCUT2D eigenvalue weighted by molar-refractivity contribution is 0.232. The summed E-state index contributed by atoms with van der Waals surface area (Å²) < 4.78 is 4.87. The Labute approximate surface area is 102 Å². The van der Waals surface area contributed by atoms with Gasteiger partial charge in [-0.25, -0.2) is 5.48 Å². The fraction of sp³-hybridized carbons (Fsp3) is 0.111. The first kappa shape index (κ1) is 13.1. The van der Waals surface area contributed by atoms with E-state index in [2.05, 4.69) is 10.2 Å². The van der Waals surface area contributed by atoms with Gasteiger partial charge >= 0.3 is 0 Å². The molecule has 0 unspecified atom stereocenters. The number of nitrogens with one attached hydrogen (secondary N) is 1. The minimum absolute atomic E-state index is 0.0822. The van der Waals surface area contributed by atoms with Crippen LogP contribution in [0.15, 0.2) is 22.3 Å². The van der Waals surface area contributed by atoms with Gasteiger partial charge in [0.25, 0.3) is 0 Å². The summed E-state index contributed by atoms with van der Waals surface area (Å²) in [7, 11) is 1.41. The van der Waals surface area contributed by atoms with Gasteiger partial charge in [-0.3, -0.25) is 5.21 Å². The second-order valence-corrected chi connectivity index (χ2v) is 3.24. The number of phenols is 1. The number of benzene rings is 1. The number of rotatable bonds is 3. The molecule has 0 heterocycles. The maximum atomic E-state index is 9.60. The number of methoxy groups -OCH3 is 1. The van der Waals surface area contributed by atoms with Gasteiger partial charge in [-0.05, 0) is 12.1 Å². The maximum absolute atomic E-state index is 9.60. The molecule has 0 fully saturated rings. The number of hydrogen-bond acceptors (Lipinski definition) is 5. The Bertz CT molecular complexity index is 462. The topological polar surface area (TPSA) is 112 Å². The average molecular weight is 259 g/mol. The molecule has 0 aromatic heterocycles. The summed E-state index contributed by atoms with van der Waals surface area (Å²) in [4.78, 5) is 0. The van der Waals surface area contributed by atoms with Crippen LogP contribution in [-0.4, -0.2) is 29.6 Å². The van der Waals surface area contributed by atoms with Crippen molar-refractivity contribution in [3.63, 3.8) is 0 Å². The molecule has 0 radical (unpaired) electrons. The number of phenolic OH excluding ortho intramolecular Hbond substituents is 1. The summed E-state index contributed by atoms with van der Waals surface area (Å²) in [6.07, 6.45) is 1.27. The zero-order valence-electron chi connectivity index (χ0n) is 8.88. The third kappa shape index (κ3) is 3.23. The lowest BCUT2D eigenvalue weighted by Crippen LogP contribution is -2.27. The van der Waals surface area contributed by atoms with E-state index in [1.54, 1.807) is 11.5 Å². The zero-order chi connectivity index (χ0) is 12.8. The molecule has 0 spiro atoms. The van der Waals surface area contributed by atoms with Crippen LogP contribution in [0.4, 0.5) is 0 Å². The molecule has 17 heavy (non-hydrogen) atoms. The normalized spacial score (nSPS) is 11.8. The Morgan fingerprint density at radius 2 is 2.29 bits per heavy atom. The predicted molar refractivity (Wildman–Crippen MR) is 63.8 cm³/mol. The number of halogens is 1. The van der Waals surface area contributed by atoms with E-state index in [9.17, 15) is 5.11 Å². The molecule has 1 rings (SSSR count). The van der Waals surface area contributed by atoms with Crippen molar-refractivity contribution < 1.29 is 15.1 Å². The first-order valence-electron chi connectivity index (χ1n) is 4.42. The highest BCUT2D eigenvalue weighted by Crippen LogP contribution is 2.35. The van der Waals surface area contributed by atoms with Gasteiger partial charge in [0, 0.05) is 5.56 Å². The van der Waals surface area contributed by atoms with Crippen molar-refractivity contribution in [1.82, 2.24) is 5.48 Å². The van der Waals surface area contributed by atoms with Crippen molar-refractivity contribution in [2.75, 3.05) is 7.11 Å². The summed E-state index contributed by atoms with van der Waals surface area (Å²) in [5.41, 5.74) is 7.16. The van der Waals surface area contributed by atoms with Crippen LogP contribution in [0.3, 0.4) is 0 Å². The minimum atomic E-state index is -0.268. The molecule has 1 aromatic rings. The van der Waals surface area contributed by atoms with Gasteiger partial charge in [-0.15, -0.1) is 5.10 Å². The van der Waals surface area contributed by atoms with E-state index in [4.69, 9.17) is 27.3 Å². The molecular weight excluding hydrogens is 248 g/mol. The van der Waals surface area contributed by atoms with Crippen LogP contribution >= 0.6 is 11.6 Å². The monoisotopic (exact) mass is 258 g/mol. The molecule has 92 valence electrons. The van der Waals surface area contributed by atoms with Crippen LogP contribution in [0.2, 0.25) is 5.02 Å². The lowest BCUT2D eigenvalue weighted by Gasteiger charge is -2.06. The fourth-order valence-electron chi connectivity index (χ4n) is 1.00. The summed E-state index contributed by atoms with van der Waals surface area (Å²) in [6, 6.07) is 3.11. The van der Waals surface area contributed by atoms with Gasteiger partial charge < -0.3 is 15.6 Å². The number of nitrogens with zero attached hydrogens (tertiary/aromatic N) is 2. The Hall–Kier alpha value is -1.99. The second-order valence-electron chi connectivity index (χ2n) is 2.86. The zero-order valence-corrected chi connectivity index (χ0v) is 9.64. The molecule has 0 saturated carbocycles. The van der Waals surface area contributed by atoms with Gasteiger partial charge in [0.05, 0.1) is 18.3 Å². The van der Waals surface area contributed by atoms with Crippen LogP contribution in [0.25, 0.3) is 0 Å². The van der Waals surface area contributed by atoms with Crippen molar-refractivity contribution in [1.29, 1.82) is 0 Å². The molecule has 0 aliphatic rings. The van der Waals surface area contributed by atoms with Crippen LogP contribution in [0.5, 0.6) is 11.5 Å². The SMILES string of the molecule is COc1ccc(C=N/N=C(\N)NO)c(Cl)c1O. The third-order valence-corrected chi connectivity index (χ3v) is 2.20. The molecule has 0 bridgehead atoms. The number of ether oxygens (including phenoxy) is 1. The summed E-state index contributed by atoms with van der Waals surface area (Å²) >= 11 is 5.86. The average Bonchev–Trinajstić information content (AvgIpc) is 2.34. The molecular formula is C9H11ClN4O3. The number of hydrogen-bond donors (Lipinski definition) is 4.